The first-order valence-corrected chi connectivity index (χ1v) is 7.65. The molecule has 0 aromatic heterocycles. The average molecular weight is 343 g/mol. The van der Waals surface area contributed by atoms with E-state index in [1.807, 2.05) is 0 Å². The monoisotopic (exact) mass is 343 g/mol. The third-order valence-electron chi connectivity index (χ3n) is 4.32. The zero-order chi connectivity index (χ0) is 17.8. The molecular formula is C19H12F3NO2. The average Bonchev–Trinajstić information content (AvgIpc) is 2.92. The predicted octanol–water partition coefficient (Wildman–Crippen LogP) is 2.88. The van der Waals surface area contributed by atoms with Crippen molar-refractivity contribution in [3.8, 4) is 0 Å². The van der Waals surface area contributed by atoms with Crippen molar-refractivity contribution in [3.63, 3.8) is 0 Å². The van der Waals surface area contributed by atoms with E-state index in [2.05, 4.69) is 4.99 Å². The van der Waals surface area contributed by atoms with Crippen LogP contribution < -0.4 is 10.6 Å². The molecule has 0 bridgehead atoms. The van der Waals surface area contributed by atoms with Crippen molar-refractivity contribution >= 4 is 17.3 Å². The molecule has 2 heterocycles. The Hall–Kier alpha value is -2.89. The molecule has 0 radical (unpaired) electrons. The van der Waals surface area contributed by atoms with Crippen LogP contribution in [0.4, 0.5) is 13.2 Å². The number of alkyl halides is 3. The lowest BCUT2D eigenvalue weighted by Crippen LogP contribution is -2.37. The van der Waals surface area contributed by atoms with Gasteiger partial charge < -0.3 is 4.74 Å². The smallest absolute Gasteiger partial charge is 0.406 e. The summed E-state index contributed by atoms with van der Waals surface area (Å²) in [6.07, 6.45) is -4.76. The fourth-order valence-corrected chi connectivity index (χ4v) is 3.24. The molecule has 6 heteroatoms. The van der Waals surface area contributed by atoms with Crippen molar-refractivity contribution in [1.29, 1.82) is 0 Å². The van der Waals surface area contributed by atoms with Crippen LogP contribution in [-0.4, -0.2) is 12.1 Å². The van der Waals surface area contributed by atoms with Gasteiger partial charge in [0.15, 0.2) is 11.7 Å². The van der Waals surface area contributed by atoms with Crippen molar-refractivity contribution < 1.29 is 22.7 Å². The highest BCUT2D eigenvalue weighted by Crippen LogP contribution is 2.45. The summed E-state index contributed by atoms with van der Waals surface area (Å²) in [5.41, 5.74) is 1.02. The second-order valence-electron chi connectivity index (χ2n) is 5.93. The highest BCUT2D eigenvalue weighted by atomic mass is 19.4. The van der Waals surface area contributed by atoms with Gasteiger partial charge in [-0.25, -0.2) is 4.99 Å². The highest BCUT2D eigenvalue weighted by Gasteiger charge is 2.53. The maximum atomic E-state index is 13.6. The van der Waals surface area contributed by atoms with Gasteiger partial charge in [0, 0.05) is 10.8 Å². The summed E-state index contributed by atoms with van der Waals surface area (Å²) < 4.78 is 45.9. The SMILES string of the molecule is Cc1cccc2c1=C1OC(=O)C(C(F)(F)F)C(c3ccccc3)=C1N=2. The minimum absolute atomic E-state index is 0.0809. The van der Waals surface area contributed by atoms with Gasteiger partial charge in [0.25, 0.3) is 0 Å². The summed E-state index contributed by atoms with van der Waals surface area (Å²) in [6.45, 7) is 1.80. The first-order valence-electron chi connectivity index (χ1n) is 7.65. The number of ether oxygens (including phenoxy) is 1. The van der Waals surface area contributed by atoms with Crippen LogP contribution in [-0.2, 0) is 9.53 Å². The molecule has 1 atom stereocenters. The molecule has 0 amide bonds. The number of nitrogens with zero attached hydrogens (tertiary/aromatic N) is 1. The zero-order valence-corrected chi connectivity index (χ0v) is 13.1. The summed E-state index contributed by atoms with van der Waals surface area (Å²) >= 11 is 0. The number of carbonyl (C=O) groups excluding carboxylic acids is 1. The van der Waals surface area contributed by atoms with Gasteiger partial charge in [0.1, 0.15) is 5.70 Å². The van der Waals surface area contributed by atoms with Gasteiger partial charge in [-0.3, -0.25) is 4.79 Å². The van der Waals surface area contributed by atoms with E-state index in [0.29, 0.717) is 16.1 Å². The molecule has 2 aromatic carbocycles. The minimum atomic E-state index is -4.76. The van der Waals surface area contributed by atoms with E-state index in [1.165, 1.54) is 0 Å². The molecule has 2 aliphatic heterocycles. The summed E-state index contributed by atoms with van der Waals surface area (Å²) in [5.74, 6) is -3.57. The number of benzene rings is 2. The molecule has 0 saturated heterocycles. The number of esters is 1. The van der Waals surface area contributed by atoms with E-state index in [0.717, 1.165) is 5.56 Å². The van der Waals surface area contributed by atoms with Gasteiger partial charge in [0.05, 0.1) is 5.36 Å². The van der Waals surface area contributed by atoms with Gasteiger partial charge in [-0.15, -0.1) is 0 Å². The molecule has 0 spiro atoms. The molecule has 1 unspecified atom stereocenters. The molecule has 2 aliphatic rings. The number of carbonyl (C=O) groups is 1. The first-order chi connectivity index (χ1) is 11.9. The number of halogens is 3. The maximum absolute atomic E-state index is 13.6. The summed E-state index contributed by atoms with van der Waals surface area (Å²) in [5, 5.41) is 1.08. The van der Waals surface area contributed by atoms with Crippen molar-refractivity contribution in [2.45, 2.75) is 13.1 Å². The standard InChI is InChI=1S/C19H12F3NO2/c1-10-6-5-9-12-13(10)17-16(23-12)14(11-7-3-2-4-8-11)15(18(24)25-17)19(20,21)22/h2-9,15H,1H3. The Morgan fingerprint density at radius 1 is 1.04 bits per heavy atom. The molecule has 0 saturated carbocycles. The zero-order valence-electron chi connectivity index (χ0n) is 13.1. The lowest BCUT2D eigenvalue weighted by atomic mass is 9.87. The fourth-order valence-electron chi connectivity index (χ4n) is 3.24. The van der Waals surface area contributed by atoms with Crippen molar-refractivity contribution in [1.82, 2.24) is 0 Å². The first kappa shape index (κ1) is 15.6. The Morgan fingerprint density at radius 2 is 1.76 bits per heavy atom. The van der Waals surface area contributed by atoms with E-state index in [4.69, 9.17) is 4.74 Å². The topological polar surface area (TPSA) is 38.7 Å². The summed E-state index contributed by atoms with van der Waals surface area (Å²) in [6, 6.07) is 13.3. The Bertz CT molecular complexity index is 1040. The highest BCUT2D eigenvalue weighted by molar-refractivity contribution is 6.00. The molecular weight excluding hydrogens is 331 g/mol. The molecule has 126 valence electrons. The minimum Gasteiger partial charge on any atom is -0.423 e. The quantitative estimate of drug-likeness (QED) is 0.747. The van der Waals surface area contributed by atoms with Crippen LogP contribution in [0.3, 0.4) is 0 Å². The van der Waals surface area contributed by atoms with Gasteiger partial charge in [0.2, 0.25) is 0 Å². The number of aryl methyl sites for hydroxylation is 1. The molecule has 0 N–H and O–H groups in total. The normalized spacial score (nSPS) is 19.3. The van der Waals surface area contributed by atoms with E-state index < -0.39 is 18.1 Å². The molecule has 4 rings (SSSR count). The van der Waals surface area contributed by atoms with Gasteiger partial charge in [-0.2, -0.15) is 13.2 Å². The molecule has 0 fully saturated rings. The van der Waals surface area contributed by atoms with E-state index in [-0.39, 0.29) is 17.0 Å². The van der Waals surface area contributed by atoms with E-state index in [9.17, 15) is 18.0 Å². The summed E-state index contributed by atoms with van der Waals surface area (Å²) in [7, 11) is 0. The van der Waals surface area contributed by atoms with Crippen LogP contribution in [0.5, 0.6) is 0 Å². The van der Waals surface area contributed by atoms with Crippen molar-refractivity contribution in [2.75, 3.05) is 0 Å². The largest absolute Gasteiger partial charge is 0.423 e. The van der Waals surface area contributed by atoms with E-state index >= 15 is 0 Å². The maximum Gasteiger partial charge on any atom is 0.406 e. The molecule has 3 nitrogen and oxygen atoms in total. The van der Waals surface area contributed by atoms with Gasteiger partial charge in [-0.1, -0.05) is 42.5 Å². The van der Waals surface area contributed by atoms with Crippen molar-refractivity contribution in [3.05, 3.63) is 75.9 Å². The Kier molecular flexibility index (Phi) is 3.32. The number of rotatable bonds is 1. The Labute approximate surface area is 140 Å². The van der Waals surface area contributed by atoms with Gasteiger partial charge in [-0.05, 0) is 24.1 Å². The number of hydrogen-bond donors (Lipinski definition) is 0. The van der Waals surface area contributed by atoms with Crippen LogP contribution >= 0.6 is 0 Å². The van der Waals surface area contributed by atoms with Crippen LogP contribution in [0.15, 0.2) is 59.2 Å². The third-order valence-corrected chi connectivity index (χ3v) is 4.32. The Morgan fingerprint density at radius 3 is 2.44 bits per heavy atom. The fraction of sp³-hybridized carbons (Fsp3) is 0.158. The van der Waals surface area contributed by atoms with Crippen LogP contribution in [0.1, 0.15) is 11.1 Å². The molecule has 2 aromatic rings. The molecule has 25 heavy (non-hydrogen) atoms. The second kappa shape index (κ2) is 5.31. The predicted molar refractivity (Wildman–Crippen MR) is 84.4 cm³/mol. The number of fused-ring (bicyclic) bond motifs is 2. The van der Waals surface area contributed by atoms with Crippen LogP contribution in [0, 0.1) is 12.8 Å². The van der Waals surface area contributed by atoms with E-state index in [1.54, 1.807) is 55.5 Å². The van der Waals surface area contributed by atoms with Crippen LogP contribution in [0.2, 0.25) is 0 Å². The Balaban J connectivity index is 2.12. The number of hydrogen-bond acceptors (Lipinski definition) is 3. The van der Waals surface area contributed by atoms with Crippen molar-refractivity contribution in [2.24, 2.45) is 10.9 Å². The lowest BCUT2D eigenvalue weighted by Gasteiger charge is -2.28. The molecule has 0 aliphatic carbocycles. The lowest BCUT2D eigenvalue weighted by molar-refractivity contribution is -0.182. The third kappa shape index (κ3) is 2.36. The van der Waals surface area contributed by atoms with Crippen LogP contribution in [0.25, 0.3) is 11.3 Å². The second-order valence-corrected chi connectivity index (χ2v) is 5.93. The van der Waals surface area contributed by atoms with Gasteiger partial charge >= 0.3 is 12.1 Å². The summed E-state index contributed by atoms with van der Waals surface area (Å²) in [4.78, 5) is 16.6.